The summed E-state index contributed by atoms with van der Waals surface area (Å²) in [7, 11) is 1.60. The first-order valence-corrected chi connectivity index (χ1v) is 4.53. The van der Waals surface area contributed by atoms with Gasteiger partial charge in [0, 0.05) is 17.8 Å². The second-order valence-electron chi connectivity index (χ2n) is 3.27. The lowest BCUT2D eigenvalue weighted by Gasteiger charge is -2.05. The van der Waals surface area contributed by atoms with Crippen molar-refractivity contribution in [1.29, 1.82) is 0 Å². The van der Waals surface area contributed by atoms with Gasteiger partial charge in [0.1, 0.15) is 5.75 Å². The van der Waals surface area contributed by atoms with Crippen LogP contribution in [0.4, 0.5) is 5.69 Å². The quantitative estimate of drug-likeness (QED) is 0.745. The van der Waals surface area contributed by atoms with Gasteiger partial charge in [-0.1, -0.05) is 5.21 Å². The van der Waals surface area contributed by atoms with Crippen LogP contribution < -0.4 is 10.5 Å². The lowest BCUT2D eigenvalue weighted by Crippen LogP contribution is -1.98. The topological polar surface area (TPSA) is 66.0 Å². The summed E-state index contributed by atoms with van der Waals surface area (Å²) in [5.74, 6) is 0.707. The van der Waals surface area contributed by atoms with E-state index in [0.717, 1.165) is 11.4 Å². The van der Waals surface area contributed by atoms with E-state index in [4.69, 9.17) is 10.5 Å². The highest BCUT2D eigenvalue weighted by atomic mass is 16.5. The zero-order chi connectivity index (χ0) is 10.8. The van der Waals surface area contributed by atoms with Crippen LogP contribution in [0.25, 0.3) is 5.69 Å². The Kier molecular flexibility index (Phi) is 2.29. The molecule has 0 radical (unpaired) electrons. The number of nitrogens with zero attached hydrogens (tertiary/aromatic N) is 3. The molecule has 0 aliphatic carbocycles. The first kappa shape index (κ1) is 9.51. The first-order valence-electron chi connectivity index (χ1n) is 4.53. The lowest BCUT2D eigenvalue weighted by atomic mass is 10.2. The largest absolute Gasteiger partial charge is 0.497 e. The standard InChI is InChI=1S/C10H12N4O/c1-7-6-14(13-12-7)9-3-8(11)4-10(5-9)15-2/h3-6H,11H2,1-2H3. The lowest BCUT2D eigenvalue weighted by molar-refractivity contribution is 0.414. The molecule has 0 spiro atoms. The Morgan fingerprint density at radius 2 is 2.13 bits per heavy atom. The summed E-state index contributed by atoms with van der Waals surface area (Å²) < 4.78 is 6.78. The van der Waals surface area contributed by atoms with Crippen molar-refractivity contribution < 1.29 is 4.74 Å². The highest BCUT2D eigenvalue weighted by Crippen LogP contribution is 2.20. The maximum Gasteiger partial charge on any atom is 0.123 e. The third-order valence-corrected chi connectivity index (χ3v) is 2.02. The van der Waals surface area contributed by atoms with Crippen LogP contribution >= 0.6 is 0 Å². The zero-order valence-electron chi connectivity index (χ0n) is 8.64. The van der Waals surface area contributed by atoms with Gasteiger partial charge in [-0.2, -0.15) is 0 Å². The number of aromatic nitrogens is 3. The molecule has 0 saturated carbocycles. The van der Waals surface area contributed by atoms with E-state index >= 15 is 0 Å². The fraction of sp³-hybridized carbons (Fsp3) is 0.200. The van der Waals surface area contributed by atoms with Crippen LogP contribution in [0.5, 0.6) is 5.75 Å². The van der Waals surface area contributed by atoms with E-state index in [1.165, 1.54) is 0 Å². The molecule has 1 aromatic carbocycles. The highest BCUT2D eigenvalue weighted by Gasteiger charge is 2.03. The number of nitrogen functional groups attached to an aromatic ring is 1. The molecule has 0 aliphatic heterocycles. The predicted molar refractivity (Wildman–Crippen MR) is 57.1 cm³/mol. The number of methoxy groups -OCH3 is 1. The molecule has 15 heavy (non-hydrogen) atoms. The van der Waals surface area contributed by atoms with Crippen molar-refractivity contribution in [2.75, 3.05) is 12.8 Å². The summed E-state index contributed by atoms with van der Waals surface area (Å²) in [4.78, 5) is 0. The third-order valence-electron chi connectivity index (χ3n) is 2.02. The minimum Gasteiger partial charge on any atom is -0.497 e. The van der Waals surface area contributed by atoms with Gasteiger partial charge >= 0.3 is 0 Å². The molecule has 5 heteroatoms. The fourth-order valence-electron chi connectivity index (χ4n) is 1.33. The van der Waals surface area contributed by atoms with Crippen molar-refractivity contribution in [3.63, 3.8) is 0 Å². The van der Waals surface area contributed by atoms with E-state index in [-0.39, 0.29) is 0 Å². The van der Waals surface area contributed by atoms with Gasteiger partial charge in [0.15, 0.2) is 0 Å². The fourth-order valence-corrected chi connectivity index (χ4v) is 1.33. The molecule has 78 valence electrons. The molecule has 0 fully saturated rings. The van der Waals surface area contributed by atoms with E-state index < -0.39 is 0 Å². The Hall–Kier alpha value is -2.04. The van der Waals surface area contributed by atoms with Crippen molar-refractivity contribution in [2.45, 2.75) is 6.92 Å². The summed E-state index contributed by atoms with van der Waals surface area (Å²) in [5.41, 5.74) is 8.07. The van der Waals surface area contributed by atoms with Crippen molar-refractivity contribution >= 4 is 5.69 Å². The van der Waals surface area contributed by atoms with E-state index in [1.807, 2.05) is 25.3 Å². The summed E-state index contributed by atoms with van der Waals surface area (Å²) in [5, 5.41) is 7.87. The maximum atomic E-state index is 5.74. The van der Waals surface area contributed by atoms with E-state index in [0.29, 0.717) is 11.4 Å². The molecule has 2 rings (SSSR count). The molecule has 0 bridgehead atoms. The van der Waals surface area contributed by atoms with Crippen molar-refractivity contribution in [3.05, 3.63) is 30.1 Å². The van der Waals surface area contributed by atoms with Gasteiger partial charge in [-0.25, -0.2) is 4.68 Å². The second kappa shape index (κ2) is 3.61. The van der Waals surface area contributed by atoms with Gasteiger partial charge in [-0.3, -0.25) is 0 Å². The van der Waals surface area contributed by atoms with Crippen molar-refractivity contribution in [2.24, 2.45) is 0 Å². The molecule has 0 aliphatic rings. The van der Waals surface area contributed by atoms with Gasteiger partial charge in [0.2, 0.25) is 0 Å². The Morgan fingerprint density at radius 1 is 1.33 bits per heavy atom. The summed E-state index contributed by atoms with van der Waals surface area (Å²) in [6.45, 7) is 1.88. The minimum absolute atomic E-state index is 0.637. The van der Waals surface area contributed by atoms with Crippen LogP contribution in [-0.4, -0.2) is 22.1 Å². The van der Waals surface area contributed by atoms with Crippen LogP contribution in [0.2, 0.25) is 0 Å². The molecule has 0 saturated heterocycles. The third kappa shape index (κ3) is 1.90. The highest BCUT2D eigenvalue weighted by molar-refractivity contribution is 5.53. The van der Waals surface area contributed by atoms with E-state index in [2.05, 4.69) is 10.3 Å². The molecular weight excluding hydrogens is 192 g/mol. The second-order valence-corrected chi connectivity index (χ2v) is 3.27. The number of benzene rings is 1. The van der Waals surface area contributed by atoms with Gasteiger partial charge in [0.05, 0.1) is 24.7 Å². The predicted octanol–water partition coefficient (Wildman–Crippen LogP) is 1.17. The number of nitrogens with two attached hydrogens (primary N) is 1. The van der Waals surface area contributed by atoms with E-state index in [1.54, 1.807) is 17.9 Å². The molecule has 0 atom stereocenters. The minimum atomic E-state index is 0.637. The normalized spacial score (nSPS) is 10.3. The SMILES string of the molecule is COc1cc(N)cc(-n2cc(C)nn2)c1. The molecule has 1 heterocycles. The number of hydrogen-bond donors (Lipinski definition) is 1. The monoisotopic (exact) mass is 204 g/mol. The van der Waals surface area contributed by atoms with Crippen molar-refractivity contribution in [1.82, 2.24) is 15.0 Å². The molecule has 5 nitrogen and oxygen atoms in total. The van der Waals surface area contributed by atoms with Crippen LogP contribution in [0.15, 0.2) is 24.4 Å². The Balaban J connectivity index is 2.48. The average molecular weight is 204 g/mol. The summed E-state index contributed by atoms with van der Waals surface area (Å²) in [6, 6.07) is 5.43. The smallest absolute Gasteiger partial charge is 0.123 e. The molecule has 0 amide bonds. The molecule has 1 aromatic heterocycles. The molecular formula is C10H12N4O. The van der Waals surface area contributed by atoms with Crippen molar-refractivity contribution in [3.8, 4) is 11.4 Å². The van der Waals surface area contributed by atoms with Crippen LogP contribution in [0.3, 0.4) is 0 Å². The Labute approximate surface area is 87.5 Å². The first-order chi connectivity index (χ1) is 7.19. The summed E-state index contributed by atoms with van der Waals surface area (Å²) in [6.07, 6.45) is 1.83. The van der Waals surface area contributed by atoms with Gasteiger partial charge < -0.3 is 10.5 Å². The summed E-state index contributed by atoms with van der Waals surface area (Å²) >= 11 is 0. The Morgan fingerprint density at radius 3 is 2.73 bits per heavy atom. The number of ether oxygens (including phenoxy) is 1. The van der Waals surface area contributed by atoms with Crippen LogP contribution in [-0.2, 0) is 0 Å². The molecule has 2 N–H and O–H groups in total. The maximum absolute atomic E-state index is 5.74. The number of rotatable bonds is 2. The van der Waals surface area contributed by atoms with Crippen LogP contribution in [0, 0.1) is 6.92 Å². The Bertz CT molecular complexity index is 478. The number of aryl methyl sites for hydroxylation is 1. The van der Waals surface area contributed by atoms with Gasteiger partial charge in [0.25, 0.3) is 0 Å². The molecule has 0 unspecified atom stereocenters. The number of hydrogen-bond acceptors (Lipinski definition) is 4. The molecule has 2 aromatic rings. The van der Waals surface area contributed by atoms with Gasteiger partial charge in [-0.05, 0) is 13.0 Å². The zero-order valence-corrected chi connectivity index (χ0v) is 8.64. The van der Waals surface area contributed by atoms with Crippen LogP contribution in [0.1, 0.15) is 5.69 Å². The average Bonchev–Trinajstić information content (AvgIpc) is 2.64. The van der Waals surface area contributed by atoms with Gasteiger partial charge in [-0.15, -0.1) is 5.10 Å². The van der Waals surface area contributed by atoms with E-state index in [9.17, 15) is 0 Å². The number of anilines is 1.